The third-order valence-corrected chi connectivity index (χ3v) is 4.43. The van der Waals surface area contributed by atoms with E-state index in [0.717, 1.165) is 51.1 Å². The van der Waals surface area contributed by atoms with E-state index in [0.29, 0.717) is 19.2 Å². The van der Waals surface area contributed by atoms with Crippen molar-refractivity contribution in [3.05, 3.63) is 29.8 Å². The Morgan fingerprint density at radius 1 is 1.32 bits per heavy atom. The third-order valence-electron chi connectivity index (χ3n) is 4.43. The second-order valence-corrected chi connectivity index (χ2v) is 6.79. The van der Waals surface area contributed by atoms with E-state index in [2.05, 4.69) is 27.9 Å². The van der Waals surface area contributed by atoms with Crippen molar-refractivity contribution in [2.45, 2.75) is 45.6 Å². The van der Waals surface area contributed by atoms with Crippen LogP contribution in [0.5, 0.6) is 0 Å². The van der Waals surface area contributed by atoms with Gasteiger partial charge in [0.05, 0.1) is 12.7 Å². The van der Waals surface area contributed by atoms with Crippen LogP contribution >= 0.6 is 0 Å². The lowest BCUT2D eigenvalue weighted by atomic mass is 10.1. The van der Waals surface area contributed by atoms with Gasteiger partial charge in [-0.05, 0) is 50.3 Å². The van der Waals surface area contributed by atoms with Crippen LogP contribution in [0.2, 0.25) is 0 Å². The molecule has 0 saturated carbocycles. The van der Waals surface area contributed by atoms with E-state index in [9.17, 15) is 4.79 Å². The fourth-order valence-corrected chi connectivity index (χ4v) is 2.93. The lowest BCUT2D eigenvalue weighted by molar-refractivity contribution is -0.114. The Labute approximate surface area is 168 Å². The molecule has 1 aromatic rings. The van der Waals surface area contributed by atoms with Crippen molar-refractivity contribution in [2.24, 2.45) is 4.99 Å². The maximum absolute atomic E-state index is 12.2. The number of amides is 1. The molecule has 1 saturated heterocycles. The van der Waals surface area contributed by atoms with Gasteiger partial charge in [-0.3, -0.25) is 4.79 Å². The number of hydrogen-bond donors (Lipinski definition) is 3. The van der Waals surface area contributed by atoms with Crippen molar-refractivity contribution in [2.75, 3.05) is 44.8 Å². The average Bonchev–Trinajstić information content (AvgIpc) is 3.22. The summed E-state index contributed by atoms with van der Waals surface area (Å²) < 4.78 is 11.2. The Balaban J connectivity index is 1.66. The third kappa shape index (κ3) is 8.71. The summed E-state index contributed by atoms with van der Waals surface area (Å²) in [6.07, 6.45) is 4.31. The molecule has 156 valence electrons. The number of benzene rings is 1. The second kappa shape index (κ2) is 13.1. The summed E-state index contributed by atoms with van der Waals surface area (Å²) >= 11 is 0. The van der Waals surface area contributed by atoms with Gasteiger partial charge in [0.15, 0.2) is 5.96 Å². The molecule has 1 atom stereocenters. The van der Waals surface area contributed by atoms with Gasteiger partial charge < -0.3 is 25.4 Å². The summed E-state index contributed by atoms with van der Waals surface area (Å²) in [5, 5.41) is 9.28. The Hall–Kier alpha value is -2.12. The quantitative estimate of drug-likeness (QED) is 0.307. The molecule has 7 heteroatoms. The smallest absolute Gasteiger partial charge is 0.246 e. The highest BCUT2D eigenvalue weighted by Gasteiger charge is 2.14. The number of anilines is 1. The van der Waals surface area contributed by atoms with Gasteiger partial charge >= 0.3 is 0 Å². The summed E-state index contributed by atoms with van der Waals surface area (Å²) in [7, 11) is 0. The Kier molecular flexibility index (Phi) is 10.4. The van der Waals surface area contributed by atoms with Crippen LogP contribution in [0, 0.1) is 0 Å². The number of hydrogen-bond acceptors (Lipinski definition) is 4. The number of nitrogens with one attached hydrogen (secondary N) is 3. The zero-order chi connectivity index (χ0) is 20.0. The number of ether oxygens (including phenoxy) is 2. The molecule has 7 nitrogen and oxygen atoms in total. The first kappa shape index (κ1) is 22.2. The minimum absolute atomic E-state index is 0.0706. The highest BCUT2D eigenvalue weighted by molar-refractivity contribution is 5.94. The SMILES string of the molecule is CCNC(=NCC(=O)Nc1cccc(CC)c1)NCCCOCC1CCCO1. The standard InChI is InChI=1S/C21H34N4O3/c1-3-17-8-5-9-18(14-17)25-20(26)15-24-21(22-4-2)23-11-7-12-27-16-19-10-6-13-28-19/h5,8-9,14,19H,3-4,6-7,10-13,15-16H2,1-2H3,(H,25,26)(H2,22,23,24). The zero-order valence-corrected chi connectivity index (χ0v) is 17.1. The van der Waals surface area contributed by atoms with Crippen LogP contribution in [0.15, 0.2) is 29.3 Å². The number of aliphatic imine (C=N–C) groups is 1. The molecule has 1 aromatic carbocycles. The van der Waals surface area contributed by atoms with Gasteiger partial charge in [-0.2, -0.15) is 0 Å². The van der Waals surface area contributed by atoms with E-state index in [-0.39, 0.29) is 18.6 Å². The topological polar surface area (TPSA) is 84.0 Å². The largest absolute Gasteiger partial charge is 0.379 e. The molecule has 1 fully saturated rings. The molecule has 1 heterocycles. The minimum atomic E-state index is -0.134. The summed E-state index contributed by atoms with van der Waals surface area (Å²) in [5.74, 6) is 0.504. The number of carbonyl (C=O) groups is 1. The fraction of sp³-hybridized carbons (Fsp3) is 0.619. The van der Waals surface area contributed by atoms with Crippen molar-refractivity contribution < 1.29 is 14.3 Å². The first-order valence-electron chi connectivity index (χ1n) is 10.3. The molecule has 28 heavy (non-hydrogen) atoms. The van der Waals surface area contributed by atoms with E-state index in [1.54, 1.807) is 0 Å². The number of nitrogens with zero attached hydrogens (tertiary/aromatic N) is 1. The summed E-state index contributed by atoms with van der Waals surface area (Å²) in [6.45, 7) is 7.84. The Bertz CT molecular complexity index is 615. The van der Waals surface area contributed by atoms with Crippen molar-refractivity contribution in [3.63, 3.8) is 0 Å². The van der Waals surface area contributed by atoms with Crippen molar-refractivity contribution in [1.29, 1.82) is 0 Å². The predicted octanol–water partition coefficient (Wildman–Crippen LogP) is 2.33. The number of guanidine groups is 1. The van der Waals surface area contributed by atoms with E-state index < -0.39 is 0 Å². The first-order chi connectivity index (χ1) is 13.7. The van der Waals surface area contributed by atoms with Crippen molar-refractivity contribution in [3.8, 4) is 0 Å². The van der Waals surface area contributed by atoms with Gasteiger partial charge in [0.1, 0.15) is 6.54 Å². The molecule has 0 spiro atoms. The van der Waals surface area contributed by atoms with Gasteiger partial charge in [-0.25, -0.2) is 4.99 Å². The van der Waals surface area contributed by atoms with Crippen LogP contribution in [0.25, 0.3) is 0 Å². The highest BCUT2D eigenvalue weighted by Crippen LogP contribution is 2.12. The lowest BCUT2D eigenvalue weighted by Crippen LogP contribution is -2.38. The molecule has 0 radical (unpaired) electrons. The molecule has 2 rings (SSSR count). The van der Waals surface area contributed by atoms with Gasteiger partial charge in [0.25, 0.3) is 0 Å². The van der Waals surface area contributed by atoms with E-state index in [1.807, 2.05) is 31.2 Å². The van der Waals surface area contributed by atoms with Gasteiger partial charge in [-0.15, -0.1) is 0 Å². The summed E-state index contributed by atoms with van der Waals surface area (Å²) in [4.78, 5) is 16.5. The van der Waals surface area contributed by atoms with Crippen LogP contribution in [0.4, 0.5) is 5.69 Å². The first-order valence-corrected chi connectivity index (χ1v) is 10.3. The second-order valence-electron chi connectivity index (χ2n) is 6.79. The van der Waals surface area contributed by atoms with Crippen LogP contribution < -0.4 is 16.0 Å². The van der Waals surface area contributed by atoms with Crippen molar-refractivity contribution >= 4 is 17.6 Å². The maximum Gasteiger partial charge on any atom is 0.246 e. The fourth-order valence-electron chi connectivity index (χ4n) is 2.93. The zero-order valence-electron chi connectivity index (χ0n) is 17.1. The molecule has 0 aliphatic carbocycles. The molecule has 1 unspecified atom stereocenters. The molecular weight excluding hydrogens is 356 g/mol. The van der Waals surface area contributed by atoms with Gasteiger partial charge in [-0.1, -0.05) is 19.1 Å². The minimum Gasteiger partial charge on any atom is -0.379 e. The number of carbonyl (C=O) groups excluding carboxylic acids is 1. The molecule has 1 amide bonds. The molecule has 1 aliphatic heterocycles. The van der Waals surface area contributed by atoms with Crippen molar-refractivity contribution in [1.82, 2.24) is 10.6 Å². The van der Waals surface area contributed by atoms with Crippen LogP contribution in [-0.2, 0) is 20.7 Å². The molecular formula is C21H34N4O3. The Morgan fingerprint density at radius 3 is 2.96 bits per heavy atom. The molecule has 0 bridgehead atoms. The van der Waals surface area contributed by atoms with Crippen LogP contribution in [-0.4, -0.2) is 57.4 Å². The van der Waals surface area contributed by atoms with Gasteiger partial charge in [0, 0.05) is 32.0 Å². The van der Waals surface area contributed by atoms with Crippen LogP contribution in [0.3, 0.4) is 0 Å². The van der Waals surface area contributed by atoms with E-state index >= 15 is 0 Å². The van der Waals surface area contributed by atoms with E-state index in [4.69, 9.17) is 9.47 Å². The molecule has 3 N–H and O–H groups in total. The van der Waals surface area contributed by atoms with Crippen LogP contribution in [0.1, 0.15) is 38.7 Å². The normalized spacial score (nSPS) is 16.8. The Morgan fingerprint density at radius 2 is 2.21 bits per heavy atom. The summed E-state index contributed by atoms with van der Waals surface area (Å²) in [6, 6.07) is 7.87. The predicted molar refractivity (Wildman–Crippen MR) is 113 cm³/mol. The average molecular weight is 391 g/mol. The molecule has 0 aromatic heterocycles. The number of rotatable bonds is 11. The van der Waals surface area contributed by atoms with E-state index in [1.165, 1.54) is 5.56 Å². The van der Waals surface area contributed by atoms with Gasteiger partial charge in [0.2, 0.25) is 5.91 Å². The number of aryl methyl sites for hydroxylation is 1. The maximum atomic E-state index is 12.2. The molecule has 1 aliphatic rings. The summed E-state index contributed by atoms with van der Waals surface area (Å²) in [5.41, 5.74) is 2.00. The monoisotopic (exact) mass is 390 g/mol. The highest BCUT2D eigenvalue weighted by atomic mass is 16.5. The lowest BCUT2D eigenvalue weighted by Gasteiger charge is -2.12.